The lowest BCUT2D eigenvalue weighted by Crippen LogP contribution is -1.95. The Balaban J connectivity index is 2.22. The summed E-state index contributed by atoms with van der Waals surface area (Å²) in [5, 5.41) is 9.08. The molecule has 3 aromatic rings. The number of aromatic carboxylic acids is 1. The molecule has 0 atom stereocenters. The van der Waals surface area contributed by atoms with Gasteiger partial charge >= 0.3 is 5.97 Å². The number of carbonyl (C=O) groups is 1. The first-order valence-electron chi connectivity index (χ1n) is 5.35. The minimum atomic E-state index is -1.01. The topological polar surface area (TPSA) is 63.3 Å². The first-order valence-corrected chi connectivity index (χ1v) is 6.16. The first kappa shape index (κ1) is 11.0. The highest BCUT2D eigenvalue weighted by Crippen LogP contribution is 2.31. The predicted octanol–water partition coefficient (Wildman–Crippen LogP) is 3.56. The van der Waals surface area contributed by atoms with Gasteiger partial charge in [-0.1, -0.05) is 6.07 Å². The van der Waals surface area contributed by atoms with E-state index in [1.807, 2.05) is 19.1 Å². The molecule has 0 aliphatic carbocycles. The molecule has 0 aliphatic heterocycles. The molecule has 0 fully saturated rings. The van der Waals surface area contributed by atoms with E-state index in [2.05, 4.69) is 4.98 Å². The summed E-state index contributed by atoms with van der Waals surface area (Å²) < 4.78 is 5.58. The van der Waals surface area contributed by atoms with Crippen molar-refractivity contribution in [1.29, 1.82) is 0 Å². The van der Waals surface area contributed by atoms with Crippen molar-refractivity contribution in [2.45, 2.75) is 6.92 Å². The standard InChI is InChI=1S/C13H9NO3S/c1-7-5-6-10(18-7)12-14-9-4-2-3-8(13(15)16)11(9)17-12/h2-6H,1H3,(H,15,16). The monoisotopic (exact) mass is 259 g/mol. The van der Waals surface area contributed by atoms with Gasteiger partial charge in [0.25, 0.3) is 0 Å². The molecule has 5 heteroatoms. The van der Waals surface area contributed by atoms with E-state index in [1.54, 1.807) is 23.5 Å². The second kappa shape index (κ2) is 3.96. The van der Waals surface area contributed by atoms with Crippen LogP contribution in [0.15, 0.2) is 34.7 Å². The second-order valence-electron chi connectivity index (χ2n) is 3.89. The van der Waals surface area contributed by atoms with Crippen LogP contribution in [-0.2, 0) is 0 Å². The molecule has 3 rings (SSSR count). The molecule has 1 N–H and O–H groups in total. The summed E-state index contributed by atoms with van der Waals surface area (Å²) in [7, 11) is 0. The number of rotatable bonds is 2. The Kier molecular flexibility index (Phi) is 2.41. The molecule has 0 aliphatic rings. The van der Waals surface area contributed by atoms with Gasteiger partial charge in [-0.05, 0) is 31.2 Å². The number of para-hydroxylation sites is 1. The zero-order chi connectivity index (χ0) is 12.7. The summed E-state index contributed by atoms with van der Waals surface area (Å²) in [6.07, 6.45) is 0. The zero-order valence-electron chi connectivity index (χ0n) is 9.51. The Morgan fingerprint density at radius 3 is 2.83 bits per heavy atom. The third kappa shape index (κ3) is 1.69. The van der Waals surface area contributed by atoms with Crippen molar-refractivity contribution in [3.63, 3.8) is 0 Å². The van der Waals surface area contributed by atoms with Gasteiger partial charge in [0.1, 0.15) is 11.1 Å². The molecule has 90 valence electrons. The van der Waals surface area contributed by atoms with E-state index in [1.165, 1.54) is 6.07 Å². The van der Waals surface area contributed by atoms with E-state index >= 15 is 0 Å². The minimum Gasteiger partial charge on any atom is -0.478 e. The number of hydrogen-bond donors (Lipinski definition) is 1. The van der Waals surface area contributed by atoms with Gasteiger partial charge in [0.15, 0.2) is 5.58 Å². The fourth-order valence-corrected chi connectivity index (χ4v) is 2.57. The smallest absolute Gasteiger partial charge is 0.339 e. The molecule has 2 heterocycles. The SMILES string of the molecule is Cc1ccc(-c2nc3cccc(C(=O)O)c3o2)s1. The third-order valence-corrected chi connectivity index (χ3v) is 3.59. The zero-order valence-corrected chi connectivity index (χ0v) is 10.3. The molecular formula is C13H9NO3S. The third-order valence-electron chi connectivity index (χ3n) is 2.60. The highest BCUT2D eigenvalue weighted by Gasteiger charge is 2.16. The van der Waals surface area contributed by atoms with E-state index in [0.717, 1.165) is 9.75 Å². The minimum absolute atomic E-state index is 0.138. The lowest BCUT2D eigenvalue weighted by Gasteiger charge is -1.92. The van der Waals surface area contributed by atoms with Crippen molar-refractivity contribution in [1.82, 2.24) is 4.98 Å². The molecule has 18 heavy (non-hydrogen) atoms. The lowest BCUT2D eigenvalue weighted by molar-refractivity contribution is 0.0698. The molecule has 0 unspecified atom stereocenters. The first-order chi connectivity index (χ1) is 8.65. The van der Waals surface area contributed by atoms with Crippen LogP contribution >= 0.6 is 11.3 Å². The molecular weight excluding hydrogens is 250 g/mol. The average Bonchev–Trinajstić information content (AvgIpc) is 2.93. The molecule has 2 aromatic heterocycles. The van der Waals surface area contributed by atoms with Gasteiger partial charge < -0.3 is 9.52 Å². The van der Waals surface area contributed by atoms with Crippen LogP contribution in [-0.4, -0.2) is 16.1 Å². The number of thiophene rings is 1. The summed E-state index contributed by atoms with van der Waals surface area (Å²) in [6, 6.07) is 8.82. The van der Waals surface area contributed by atoms with Gasteiger partial charge in [0.2, 0.25) is 5.89 Å². The van der Waals surface area contributed by atoms with Crippen LogP contribution in [0.2, 0.25) is 0 Å². The number of oxazole rings is 1. The quantitative estimate of drug-likeness (QED) is 0.764. The van der Waals surface area contributed by atoms with Crippen molar-refractivity contribution >= 4 is 28.4 Å². The van der Waals surface area contributed by atoms with Crippen LogP contribution < -0.4 is 0 Å². The van der Waals surface area contributed by atoms with Crippen molar-refractivity contribution in [2.75, 3.05) is 0 Å². The van der Waals surface area contributed by atoms with Gasteiger partial charge in [0.05, 0.1) is 4.88 Å². The fourth-order valence-electron chi connectivity index (χ4n) is 1.77. The molecule has 0 spiro atoms. The van der Waals surface area contributed by atoms with Gasteiger partial charge in [0, 0.05) is 4.88 Å². The van der Waals surface area contributed by atoms with E-state index in [-0.39, 0.29) is 5.56 Å². The molecule has 0 bridgehead atoms. The van der Waals surface area contributed by atoms with Crippen LogP contribution in [0.4, 0.5) is 0 Å². The summed E-state index contributed by atoms with van der Waals surface area (Å²) in [6.45, 7) is 2.00. The van der Waals surface area contributed by atoms with Gasteiger partial charge in [-0.15, -0.1) is 11.3 Å². The number of carboxylic acid groups (broad SMARTS) is 1. The predicted molar refractivity (Wildman–Crippen MR) is 69.0 cm³/mol. The fraction of sp³-hybridized carbons (Fsp3) is 0.0769. The van der Waals surface area contributed by atoms with E-state index in [4.69, 9.17) is 9.52 Å². The maximum absolute atomic E-state index is 11.1. The molecule has 0 radical (unpaired) electrons. The van der Waals surface area contributed by atoms with Gasteiger partial charge in [-0.2, -0.15) is 0 Å². The van der Waals surface area contributed by atoms with Crippen LogP contribution in [0.25, 0.3) is 21.9 Å². The summed E-state index contributed by atoms with van der Waals surface area (Å²) in [5.41, 5.74) is 1.03. The Morgan fingerprint density at radius 2 is 2.17 bits per heavy atom. The Labute approximate surface area is 107 Å². The highest BCUT2D eigenvalue weighted by atomic mass is 32.1. The van der Waals surface area contributed by atoms with Crippen LogP contribution in [0.1, 0.15) is 15.2 Å². The van der Waals surface area contributed by atoms with Crippen molar-refractivity contribution < 1.29 is 14.3 Å². The molecule has 1 aromatic carbocycles. The van der Waals surface area contributed by atoms with E-state index < -0.39 is 5.97 Å². The molecule has 4 nitrogen and oxygen atoms in total. The molecule has 0 saturated carbocycles. The summed E-state index contributed by atoms with van der Waals surface area (Å²) >= 11 is 1.57. The van der Waals surface area contributed by atoms with Crippen molar-refractivity contribution in [3.05, 3.63) is 40.8 Å². The molecule has 0 amide bonds. The average molecular weight is 259 g/mol. The van der Waals surface area contributed by atoms with Gasteiger partial charge in [-0.3, -0.25) is 0 Å². The normalized spacial score (nSPS) is 10.9. The number of benzene rings is 1. The highest BCUT2D eigenvalue weighted by molar-refractivity contribution is 7.15. The summed E-state index contributed by atoms with van der Waals surface area (Å²) in [5.74, 6) is -0.539. The summed E-state index contributed by atoms with van der Waals surface area (Å²) in [4.78, 5) is 17.5. The molecule has 0 saturated heterocycles. The maximum Gasteiger partial charge on any atom is 0.339 e. The van der Waals surface area contributed by atoms with E-state index in [0.29, 0.717) is 17.0 Å². The van der Waals surface area contributed by atoms with E-state index in [9.17, 15) is 4.79 Å². The Hall–Kier alpha value is -2.14. The lowest BCUT2D eigenvalue weighted by atomic mass is 10.2. The Morgan fingerprint density at radius 1 is 1.33 bits per heavy atom. The maximum atomic E-state index is 11.1. The van der Waals surface area contributed by atoms with Crippen molar-refractivity contribution in [3.8, 4) is 10.8 Å². The number of hydrogen-bond acceptors (Lipinski definition) is 4. The number of nitrogens with zero attached hydrogens (tertiary/aromatic N) is 1. The number of aryl methyl sites for hydroxylation is 1. The largest absolute Gasteiger partial charge is 0.478 e. The van der Waals surface area contributed by atoms with Crippen LogP contribution in [0.3, 0.4) is 0 Å². The van der Waals surface area contributed by atoms with Gasteiger partial charge in [-0.25, -0.2) is 9.78 Å². The Bertz CT molecular complexity index is 742. The van der Waals surface area contributed by atoms with Crippen LogP contribution in [0, 0.1) is 6.92 Å². The number of fused-ring (bicyclic) bond motifs is 1. The number of aromatic nitrogens is 1. The van der Waals surface area contributed by atoms with Crippen LogP contribution in [0.5, 0.6) is 0 Å². The number of carboxylic acids is 1. The van der Waals surface area contributed by atoms with Crippen molar-refractivity contribution in [2.24, 2.45) is 0 Å². The second-order valence-corrected chi connectivity index (χ2v) is 5.18.